The smallest absolute Gasteiger partial charge is 0.125 e. The molecule has 1 atom stereocenters. The summed E-state index contributed by atoms with van der Waals surface area (Å²) in [5.74, 6) is 0. The van der Waals surface area contributed by atoms with Gasteiger partial charge in [0.2, 0.25) is 0 Å². The Morgan fingerprint density at radius 3 is 3.18 bits per heavy atom. The van der Waals surface area contributed by atoms with E-state index in [9.17, 15) is 4.79 Å². The van der Waals surface area contributed by atoms with Gasteiger partial charge in [-0.2, -0.15) is 5.25 Å². The Morgan fingerprint density at radius 2 is 2.36 bits per heavy atom. The molecule has 11 heavy (non-hydrogen) atoms. The third-order valence-corrected chi connectivity index (χ3v) is 3.50. The van der Waals surface area contributed by atoms with Gasteiger partial charge in [-0.15, -0.1) is 0 Å². The van der Waals surface area contributed by atoms with Gasteiger partial charge in [-0.1, -0.05) is 6.42 Å². The molecule has 0 amide bonds. The standard InChI is InChI=1S/C7H14NO2P/c9-4-7-11-6-3-1-2-5-10-8-11/h4,8H,1-3,5-7H2. The number of rotatable bonds is 2. The van der Waals surface area contributed by atoms with Crippen molar-refractivity contribution in [1.82, 2.24) is 5.25 Å². The summed E-state index contributed by atoms with van der Waals surface area (Å²) < 4.78 is 0. The summed E-state index contributed by atoms with van der Waals surface area (Å²) in [5.41, 5.74) is 0. The molecule has 1 aliphatic rings. The van der Waals surface area contributed by atoms with Crippen LogP contribution < -0.4 is 5.25 Å². The Bertz CT molecular complexity index is 113. The van der Waals surface area contributed by atoms with Gasteiger partial charge in [0.1, 0.15) is 6.29 Å². The molecule has 1 rings (SSSR count). The van der Waals surface area contributed by atoms with E-state index in [2.05, 4.69) is 5.25 Å². The fourth-order valence-corrected chi connectivity index (χ4v) is 2.46. The SMILES string of the molecule is O=CCP1CCCCCON1. The van der Waals surface area contributed by atoms with Crippen molar-refractivity contribution in [1.29, 1.82) is 0 Å². The molecular weight excluding hydrogens is 161 g/mol. The number of aldehydes is 1. The molecule has 0 aromatic rings. The Hall–Kier alpha value is 0.0200. The molecule has 1 aliphatic heterocycles. The van der Waals surface area contributed by atoms with Crippen LogP contribution in [0.5, 0.6) is 0 Å². The molecule has 4 heteroatoms. The Kier molecular flexibility index (Phi) is 4.67. The summed E-state index contributed by atoms with van der Waals surface area (Å²) >= 11 is 0. The second-order valence-electron chi connectivity index (χ2n) is 2.61. The number of carbonyl (C=O) groups is 1. The summed E-state index contributed by atoms with van der Waals surface area (Å²) in [6.07, 6.45) is 6.33. The summed E-state index contributed by atoms with van der Waals surface area (Å²) in [6, 6.07) is 0. The van der Waals surface area contributed by atoms with E-state index >= 15 is 0 Å². The van der Waals surface area contributed by atoms with Crippen LogP contribution in [0.15, 0.2) is 0 Å². The van der Waals surface area contributed by atoms with Crippen molar-refractivity contribution in [2.45, 2.75) is 19.3 Å². The van der Waals surface area contributed by atoms with Crippen LogP contribution in [0.3, 0.4) is 0 Å². The largest absolute Gasteiger partial charge is 0.303 e. The van der Waals surface area contributed by atoms with Crippen LogP contribution in [0.4, 0.5) is 0 Å². The Labute approximate surface area is 68.3 Å². The molecule has 64 valence electrons. The zero-order chi connectivity index (χ0) is 7.94. The average molecular weight is 175 g/mol. The maximum Gasteiger partial charge on any atom is 0.125 e. The summed E-state index contributed by atoms with van der Waals surface area (Å²) in [5, 5.41) is 2.96. The van der Waals surface area contributed by atoms with Gasteiger partial charge in [-0.3, -0.25) is 4.84 Å². The lowest BCUT2D eigenvalue weighted by atomic mass is 10.3. The quantitative estimate of drug-likeness (QED) is 0.507. The second kappa shape index (κ2) is 5.64. The van der Waals surface area contributed by atoms with Crippen molar-refractivity contribution in [2.24, 2.45) is 0 Å². The molecule has 0 radical (unpaired) electrons. The first-order valence-electron chi connectivity index (χ1n) is 3.99. The lowest BCUT2D eigenvalue weighted by Gasteiger charge is -2.18. The highest BCUT2D eigenvalue weighted by atomic mass is 31.1. The minimum atomic E-state index is -0.356. The first-order valence-corrected chi connectivity index (χ1v) is 5.70. The molecule has 0 spiro atoms. The van der Waals surface area contributed by atoms with Gasteiger partial charge in [0.15, 0.2) is 0 Å². The lowest BCUT2D eigenvalue weighted by Crippen LogP contribution is -2.16. The highest BCUT2D eigenvalue weighted by Gasteiger charge is 2.09. The van der Waals surface area contributed by atoms with Gasteiger partial charge in [-0.25, -0.2) is 0 Å². The number of hydrogen-bond acceptors (Lipinski definition) is 3. The van der Waals surface area contributed by atoms with E-state index in [0.717, 1.165) is 25.5 Å². The van der Waals surface area contributed by atoms with Gasteiger partial charge in [0.25, 0.3) is 0 Å². The van der Waals surface area contributed by atoms with Crippen molar-refractivity contribution in [3.63, 3.8) is 0 Å². The van der Waals surface area contributed by atoms with Crippen LogP contribution in [0.2, 0.25) is 0 Å². The fourth-order valence-electron chi connectivity index (χ4n) is 1.05. The topological polar surface area (TPSA) is 38.3 Å². The van der Waals surface area contributed by atoms with Crippen LogP contribution in [0.1, 0.15) is 19.3 Å². The van der Waals surface area contributed by atoms with Gasteiger partial charge in [0.05, 0.1) is 6.61 Å². The van der Waals surface area contributed by atoms with Gasteiger partial charge in [0, 0.05) is 6.16 Å². The van der Waals surface area contributed by atoms with Crippen molar-refractivity contribution >= 4 is 14.4 Å². The molecule has 1 heterocycles. The number of nitrogens with one attached hydrogen (secondary N) is 1. The van der Waals surface area contributed by atoms with E-state index in [1.807, 2.05) is 0 Å². The zero-order valence-electron chi connectivity index (χ0n) is 6.58. The molecule has 0 saturated carbocycles. The maximum absolute atomic E-state index is 10.2. The van der Waals surface area contributed by atoms with Gasteiger partial charge in [-0.05, 0) is 27.1 Å². The Balaban J connectivity index is 2.20. The first-order chi connectivity index (χ1) is 5.43. The van der Waals surface area contributed by atoms with E-state index in [-0.39, 0.29) is 8.07 Å². The molecular formula is C7H14NO2P. The predicted octanol–water partition coefficient (Wildman–Crippen LogP) is 1.29. The molecule has 3 nitrogen and oxygen atoms in total. The van der Waals surface area contributed by atoms with E-state index < -0.39 is 0 Å². The van der Waals surface area contributed by atoms with E-state index in [1.54, 1.807) is 0 Å². The number of hydrogen-bond donors (Lipinski definition) is 1. The third-order valence-electron chi connectivity index (χ3n) is 1.66. The highest BCUT2D eigenvalue weighted by Crippen LogP contribution is 2.31. The first kappa shape index (κ1) is 9.11. The predicted molar refractivity (Wildman–Crippen MR) is 45.7 cm³/mol. The van der Waals surface area contributed by atoms with Crippen molar-refractivity contribution in [3.8, 4) is 0 Å². The third kappa shape index (κ3) is 3.80. The van der Waals surface area contributed by atoms with Crippen LogP contribution >= 0.6 is 8.07 Å². The summed E-state index contributed by atoms with van der Waals surface area (Å²) in [7, 11) is -0.356. The number of carbonyl (C=O) groups excluding carboxylic acids is 1. The van der Waals surface area contributed by atoms with Gasteiger partial charge < -0.3 is 4.79 Å². The van der Waals surface area contributed by atoms with Crippen molar-refractivity contribution < 1.29 is 9.63 Å². The van der Waals surface area contributed by atoms with E-state index in [4.69, 9.17) is 4.84 Å². The van der Waals surface area contributed by atoms with Crippen LogP contribution in [0, 0.1) is 0 Å². The normalized spacial score (nSPS) is 27.1. The van der Waals surface area contributed by atoms with Crippen LogP contribution in [-0.4, -0.2) is 25.2 Å². The fraction of sp³-hybridized carbons (Fsp3) is 0.857. The molecule has 1 unspecified atom stereocenters. The molecule has 0 bridgehead atoms. The van der Waals surface area contributed by atoms with Gasteiger partial charge >= 0.3 is 0 Å². The van der Waals surface area contributed by atoms with Crippen molar-refractivity contribution in [2.75, 3.05) is 18.9 Å². The van der Waals surface area contributed by atoms with Crippen LogP contribution in [0.25, 0.3) is 0 Å². The minimum Gasteiger partial charge on any atom is -0.303 e. The minimum absolute atomic E-state index is 0.356. The molecule has 1 fully saturated rings. The monoisotopic (exact) mass is 175 g/mol. The zero-order valence-corrected chi connectivity index (χ0v) is 7.48. The summed E-state index contributed by atoms with van der Waals surface area (Å²) in [4.78, 5) is 15.4. The van der Waals surface area contributed by atoms with Crippen LogP contribution in [-0.2, 0) is 9.63 Å². The average Bonchev–Trinajstić information content (AvgIpc) is 1.94. The maximum atomic E-state index is 10.2. The van der Waals surface area contributed by atoms with Crippen molar-refractivity contribution in [3.05, 3.63) is 0 Å². The van der Waals surface area contributed by atoms with E-state index in [0.29, 0.717) is 6.16 Å². The second-order valence-corrected chi connectivity index (χ2v) is 4.69. The molecule has 0 aromatic carbocycles. The highest BCUT2D eigenvalue weighted by molar-refractivity contribution is 7.56. The molecule has 1 saturated heterocycles. The Morgan fingerprint density at radius 1 is 1.45 bits per heavy atom. The molecule has 1 N–H and O–H groups in total. The summed E-state index contributed by atoms with van der Waals surface area (Å²) in [6.45, 7) is 0.789. The lowest BCUT2D eigenvalue weighted by molar-refractivity contribution is -0.105. The molecule has 0 aromatic heterocycles. The molecule has 0 aliphatic carbocycles. The van der Waals surface area contributed by atoms with E-state index in [1.165, 1.54) is 12.8 Å².